The van der Waals surface area contributed by atoms with Crippen LogP contribution in [-0.4, -0.2) is 59.6 Å². The highest BCUT2D eigenvalue weighted by molar-refractivity contribution is 5.20. The van der Waals surface area contributed by atoms with E-state index in [2.05, 4.69) is 4.98 Å². The first-order chi connectivity index (χ1) is 19.7. The number of nitrogens with one attached hydrogen (secondary N) is 1. The van der Waals surface area contributed by atoms with E-state index in [1.807, 2.05) is 60.7 Å². The van der Waals surface area contributed by atoms with Gasteiger partial charge in [-0.15, -0.1) is 0 Å². The lowest BCUT2D eigenvalue weighted by Crippen LogP contribution is -2.66. The zero-order valence-electron chi connectivity index (χ0n) is 24.0. The number of aryl methyl sites for hydroxylation is 1. The molecule has 41 heavy (non-hydrogen) atoms. The Bertz CT molecular complexity index is 1420. The molecule has 0 radical (unpaired) electrons. The Balaban J connectivity index is 1.60. The molecule has 220 valence electrons. The van der Waals surface area contributed by atoms with Crippen LogP contribution in [0.4, 0.5) is 0 Å². The van der Waals surface area contributed by atoms with Gasteiger partial charge < -0.3 is 28.4 Å². The van der Waals surface area contributed by atoms with Crippen molar-refractivity contribution in [1.29, 1.82) is 0 Å². The number of benzene rings is 2. The molecule has 10 heteroatoms. The molecule has 2 aromatic carbocycles. The van der Waals surface area contributed by atoms with E-state index < -0.39 is 40.6 Å². The number of methoxy groups -OCH3 is 1. The number of fused-ring (bicyclic) bond motifs is 1. The van der Waals surface area contributed by atoms with Crippen molar-refractivity contribution in [2.45, 2.75) is 69.7 Å². The molecule has 0 bridgehead atoms. The SMILES string of the molecule is COC(C)(C)O[C@H]1[C@H](n2cc(C)c(=O)[nH]c2=O)O[C@@]2(COCc3ccccc3)COCC[C@]12OCc1ccccc1. The number of ether oxygens (including phenoxy) is 6. The molecule has 5 rings (SSSR count). The fraction of sp³-hybridized carbons (Fsp3) is 0.484. The van der Waals surface area contributed by atoms with E-state index in [9.17, 15) is 9.59 Å². The van der Waals surface area contributed by atoms with Gasteiger partial charge in [0.25, 0.3) is 5.56 Å². The van der Waals surface area contributed by atoms with E-state index in [4.69, 9.17) is 28.4 Å². The summed E-state index contributed by atoms with van der Waals surface area (Å²) in [5.74, 6) is -1.06. The number of aromatic nitrogens is 2. The van der Waals surface area contributed by atoms with Crippen LogP contribution in [0.5, 0.6) is 0 Å². The van der Waals surface area contributed by atoms with Gasteiger partial charge in [0.05, 0.1) is 26.4 Å². The third kappa shape index (κ3) is 5.94. The van der Waals surface area contributed by atoms with Crippen LogP contribution in [0, 0.1) is 6.92 Å². The van der Waals surface area contributed by atoms with Gasteiger partial charge in [0.1, 0.15) is 17.3 Å². The standard InChI is InChI=1S/C31H38N2O8/c1-22-17-33(28(35)32-26(22)34)27-25(40-29(2,3)36-4)31(39-19-24-13-9-6-10-14-24)15-16-37-20-30(31,41-27)21-38-18-23-11-7-5-8-12-23/h5-14,17,25,27H,15-16,18-21H2,1-4H3,(H,32,34,35)/t25-,27+,30+,31-/m0/s1. The zero-order chi connectivity index (χ0) is 29.1. The van der Waals surface area contributed by atoms with Crippen LogP contribution < -0.4 is 11.2 Å². The topological polar surface area (TPSA) is 110 Å². The third-order valence-electron chi connectivity index (χ3n) is 7.90. The first-order valence-electron chi connectivity index (χ1n) is 13.8. The van der Waals surface area contributed by atoms with Crippen molar-refractivity contribution >= 4 is 0 Å². The van der Waals surface area contributed by atoms with Gasteiger partial charge in [0.15, 0.2) is 12.0 Å². The molecule has 1 aromatic heterocycles. The zero-order valence-corrected chi connectivity index (χ0v) is 24.0. The van der Waals surface area contributed by atoms with Gasteiger partial charge in [-0.3, -0.25) is 14.3 Å². The van der Waals surface area contributed by atoms with Crippen molar-refractivity contribution in [3.05, 3.63) is 104 Å². The quantitative estimate of drug-likeness (QED) is 0.352. The number of hydrogen-bond acceptors (Lipinski definition) is 8. The molecule has 2 aliphatic heterocycles. The molecule has 3 aromatic rings. The summed E-state index contributed by atoms with van der Waals surface area (Å²) in [4.78, 5) is 27.8. The number of aromatic amines is 1. The van der Waals surface area contributed by atoms with Crippen LogP contribution in [0.1, 0.15) is 43.2 Å². The summed E-state index contributed by atoms with van der Waals surface area (Å²) < 4.78 is 39.7. The van der Waals surface area contributed by atoms with Gasteiger partial charge in [0, 0.05) is 31.9 Å². The van der Waals surface area contributed by atoms with Gasteiger partial charge in [0.2, 0.25) is 0 Å². The molecule has 0 amide bonds. The highest BCUT2D eigenvalue weighted by atomic mass is 16.7. The molecule has 10 nitrogen and oxygen atoms in total. The summed E-state index contributed by atoms with van der Waals surface area (Å²) in [5, 5.41) is 0. The van der Waals surface area contributed by atoms with Crippen molar-refractivity contribution in [1.82, 2.24) is 9.55 Å². The Morgan fingerprint density at radius 3 is 2.34 bits per heavy atom. The lowest BCUT2D eigenvalue weighted by molar-refractivity contribution is -0.291. The predicted molar refractivity (Wildman–Crippen MR) is 150 cm³/mol. The average molecular weight is 567 g/mol. The van der Waals surface area contributed by atoms with E-state index in [1.54, 1.807) is 27.9 Å². The summed E-state index contributed by atoms with van der Waals surface area (Å²) in [5.41, 5.74) is -1.01. The van der Waals surface area contributed by atoms with Gasteiger partial charge in [-0.05, 0) is 31.9 Å². The first kappa shape index (κ1) is 29.4. The van der Waals surface area contributed by atoms with Crippen molar-refractivity contribution in [2.24, 2.45) is 0 Å². The Morgan fingerprint density at radius 2 is 1.68 bits per heavy atom. The second-order valence-electron chi connectivity index (χ2n) is 11.1. The van der Waals surface area contributed by atoms with Gasteiger partial charge >= 0.3 is 5.69 Å². The minimum atomic E-state index is -1.16. The van der Waals surface area contributed by atoms with Crippen molar-refractivity contribution in [3.63, 3.8) is 0 Å². The normalized spacial score (nSPS) is 26.1. The Morgan fingerprint density at radius 1 is 1.02 bits per heavy atom. The maximum atomic E-state index is 13.2. The molecular weight excluding hydrogens is 528 g/mol. The smallest absolute Gasteiger partial charge is 0.330 e. The Labute approximate surface area is 239 Å². The minimum absolute atomic E-state index is 0.109. The molecule has 0 unspecified atom stereocenters. The molecule has 0 spiro atoms. The number of H-pyrrole nitrogens is 1. The van der Waals surface area contributed by atoms with Crippen molar-refractivity contribution in [3.8, 4) is 0 Å². The van der Waals surface area contributed by atoms with Crippen molar-refractivity contribution in [2.75, 3.05) is 26.9 Å². The van der Waals surface area contributed by atoms with Gasteiger partial charge in [-0.25, -0.2) is 4.79 Å². The van der Waals surface area contributed by atoms with E-state index >= 15 is 0 Å². The Kier molecular flexibility index (Phi) is 8.60. The maximum absolute atomic E-state index is 13.2. The Hall–Kier alpha value is -3.12. The van der Waals surface area contributed by atoms with Crippen LogP contribution in [0.15, 0.2) is 76.4 Å². The van der Waals surface area contributed by atoms with E-state index in [0.717, 1.165) is 11.1 Å². The van der Waals surface area contributed by atoms with Crippen molar-refractivity contribution < 1.29 is 28.4 Å². The van der Waals surface area contributed by atoms with E-state index in [-0.39, 0.29) is 19.8 Å². The minimum Gasteiger partial charge on any atom is -0.378 e. The van der Waals surface area contributed by atoms with Gasteiger partial charge in [-0.2, -0.15) is 0 Å². The predicted octanol–water partition coefficient (Wildman–Crippen LogP) is 3.47. The van der Waals surface area contributed by atoms with Crippen LogP contribution in [0.2, 0.25) is 0 Å². The highest BCUT2D eigenvalue weighted by Gasteiger charge is 2.70. The number of nitrogens with zero attached hydrogens (tertiary/aromatic N) is 1. The molecular formula is C31H38N2O8. The first-order valence-corrected chi connectivity index (χ1v) is 13.8. The molecule has 0 saturated carbocycles. The highest BCUT2D eigenvalue weighted by Crippen LogP contribution is 2.53. The average Bonchev–Trinajstić information content (AvgIpc) is 3.24. The van der Waals surface area contributed by atoms with E-state index in [0.29, 0.717) is 25.2 Å². The summed E-state index contributed by atoms with van der Waals surface area (Å²) in [6, 6.07) is 19.7. The molecule has 2 fully saturated rings. The summed E-state index contributed by atoms with van der Waals surface area (Å²) in [6.45, 7) is 6.48. The fourth-order valence-electron chi connectivity index (χ4n) is 5.53. The fourth-order valence-corrected chi connectivity index (χ4v) is 5.53. The second-order valence-corrected chi connectivity index (χ2v) is 11.1. The van der Waals surface area contributed by atoms with Crippen LogP contribution in [0.3, 0.4) is 0 Å². The van der Waals surface area contributed by atoms with Crippen LogP contribution >= 0.6 is 0 Å². The molecule has 0 aliphatic carbocycles. The van der Waals surface area contributed by atoms with Gasteiger partial charge in [-0.1, -0.05) is 60.7 Å². The number of hydrogen-bond donors (Lipinski definition) is 1. The molecule has 2 saturated heterocycles. The van der Waals surface area contributed by atoms with Crippen LogP contribution in [0.25, 0.3) is 0 Å². The summed E-state index contributed by atoms with van der Waals surface area (Å²) in [7, 11) is 1.55. The van der Waals surface area contributed by atoms with E-state index in [1.165, 1.54) is 10.8 Å². The lowest BCUT2D eigenvalue weighted by atomic mass is 9.76. The molecule has 1 N–H and O–H groups in total. The van der Waals surface area contributed by atoms with Crippen LogP contribution in [-0.2, 0) is 41.6 Å². The molecule has 4 atom stereocenters. The monoisotopic (exact) mass is 566 g/mol. The molecule has 3 heterocycles. The largest absolute Gasteiger partial charge is 0.378 e. The summed E-state index contributed by atoms with van der Waals surface area (Å²) in [6.07, 6.45) is 0.0783. The lowest BCUT2D eigenvalue weighted by Gasteiger charge is -2.49. The molecule has 2 aliphatic rings. The summed E-state index contributed by atoms with van der Waals surface area (Å²) >= 11 is 0. The number of rotatable bonds is 11. The maximum Gasteiger partial charge on any atom is 0.330 e. The second kappa shape index (κ2) is 12.0. The third-order valence-corrected chi connectivity index (χ3v) is 7.90.